The van der Waals surface area contributed by atoms with Gasteiger partial charge in [0.05, 0.1) is 12.3 Å². The molecule has 0 aromatic heterocycles. The van der Waals surface area contributed by atoms with Crippen molar-refractivity contribution >= 4 is 17.4 Å². The zero-order valence-electron chi connectivity index (χ0n) is 13.9. The smallest absolute Gasteiger partial charge is 0.327 e. The van der Waals surface area contributed by atoms with Gasteiger partial charge in [0.1, 0.15) is 11.8 Å². The van der Waals surface area contributed by atoms with E-state index in [1.54, 1.807) is 19.1 Å². The van der Waals surface area contributed by atoms with Crippen molar-refractivity contribution < 1.29 is 14.3 Å². The minimum absolute atomic E-state index is 0.149. The highest BCUT2D eigenvalue weighted by molar-refractivity contribution is 5.95. The molecule has 2 atom stereocenters. The molecule has 1 aromatic carbocycles. The maximum atomic E-state index is 12.0. The van der Waals surface area contributed by atoms with Gasteiger partial charge >= 0.3 is 5.97 Å². The molecule has 23 heavy (non-hydrogen) atoms. The predicted molar refractivity (Wildman–Crippen MR) is 89.8 cm³/mol. The number of nitrogens with one attached hydrogen (secondary N) is 1. The van der Waals surface area contributed by atoms with Crippen molar-refractivity contribution in [1.29, 1.82) is 5.41 Å². The maximum absolute atomic E-state index is 12.0. The summed E-state index contributed by atoms with van der Waals surface area (Å²) in [5.41, 5.74) is 14.8. The Morgan fingerprint density at radius 2 is 1.91 bits per heavy atom. The molecule has 0 heterocycles. The Bertz CT molecular complexity index is 588. The fourth-order valence-electron chi connectivity index (χ4n) is 2.47. The first-order chi connectivity index (χ1) is 10.8. The van der Waals surface area contributed by atoms with E-state index in [0.29, 0.717) is 17.1 Å². The van der Waals surface area contributed by atoms with Gasteiger partial charge in [-0.25, -0.2) is 0 Å². The van der Waals surface area contributed by atoms with Crippen molar-refractivity contribution in [2.75, 3.05) is 12.3 Å². The number of esters is 1. The molecule has 0 bridgehead atoms. The van der Waals surface area contributed by atoms with Crippen LogP contribution in [-0.2, 0) is 9.53 Å². The fraction of sp³-hybridized carbons (Fsp3) is 0.529. The van der Waals surface area contributed by atoms with Crippen LogP contribution in [0.4, 0.5) is 5.69 Å². The van der Waals surface area contributed by atoms with Crippen LogP contribution >= 0.6 is 0 Å². The molecule has 1 aromatic rings. The maximum Gasteiger partial charge on any atom is 0.327 e. The Kier molecular flexibility index (Phi) is 5.26. The highest BCUT2D eigenvalue weighted by atomic mass is 16.5. The topological polar surface area (TPSA) is 111 Å². The van der Waals surface area contributed by atoms with Crippen LogP contribution in [0, 0.1) is 25.2 Å². The summed E-state index contributed by atoms with van der Waals surface area (Å²) in [5.74, 6) is 0.160. The first-order valence-electron chi connectivity index (χ1n) is 7.89. The standard InChI is InChI=1S/C17H25N3O3/c1-4-22-17(21)15(20)16(14(19)11-5-6-11)23-12-7-9(2)13(18)10(3)8-12/h7-8,11,15-16,19H,4-6,18,20H2,1-3H3. The summed E-state index contributed by atoms with van der Waals surface area (Å²) in [6.45, 7) is 5.75. The molecule has 5 N–H and O–H groups in total. The van der Waals surface area contributed by atoms with Gasteiger partial charge in [-0.05, 0) is 56.9 Å². The largest absolute Gasteiger partial charge is 0.482 e. The van der Waals surface area contributed by atoms with Crippen LogP contribution in [0.5, 0.6) is 5.75 Å². The number of anilines is 1. The minimum Gasteiger partial charge on any atom is -0.482 e. The van der Waals surface area contributed by atoms with Crippen LogP contribution in [0.1, 0.15) is 30.9 Å². The first kappa shape index (κ1) is 17.3. The number of carbonyl (C=O) groups is 1. The van der Waals surface area contributed by atoms with E-state index in [2.05, 4.69) is 0 Å². The Morgan fingerprint density at radius 3 is 2.39 bits per heavy atom. The summed E-state index contributed by atoms with van der Waals surface area (Å²) in [5, 5.41) is 8.28. The van der Waals surface area contributed by atoms with Crippen LogP contribution in [0.3, 0.4) is 0 Å². The zero-order chi connectivity index (χ0) is 17.1. The molecule has 0 aliphatic heterocycles. The third-order valence-electron chi connectivity index (χ3n) is 4.04. The highest BCUT2D eigenvalue weighted by Gasteiger charge is 2.39. The lowest BCUT2D eigenvalue weighted by atomic mass is 10.0. The first-order valence-corrected chi connectivity index (χ1v) is 7.89. The molecular formula is C17H25N3O3. The van der Waals surface area contributed by atoms with E-state index in [9.17, 15) is 4.79 Å². The number of ether oxygens (including phenoxy) is 2. The lowest BCUT2D eigenvalue weighted by molar-refractivity contribution is -0.146. The van der Waals surface area contributed by atoms with Gasteiger partial charge in [-0.1, -0.05) is 0 Å². The van der Waals surface area contributed by atoms with Crippen molar-refractivity contribution in [1.82, 2.24) is 0 Å². The van der Waals surface area contributed by atoms with Gasteiger partial charge in [-0.15, -0.1) is 0 Å². The monoisotopic (exact) mass is 319 g/mol. The molecule has 6 heteroatoms. The Hall–Kier alpha value is -2.08. The number of nitrogens with two attached hydrogens (primary N) is 2. The molecule has 0 spiro atoms. The molecule has 0 radical (unpaired) electrons. The van der Waals surface area contributed by atoms with Gasteiger partial charge in [-0.3, -0.25) is 4.79 Å². The highest BCUT2D eigenvalue weighted by Crippen LogP contribution is 2.33. The van der Waals surface area contributed by atoms with Gasteiger partial charge < -0.3 is 26.4 Å². The number of nitrogen functional groups attached to an aromatic ring is 1. The van der Waals surface area contributed by atoms with E-state index < -0.39 is 18.1 Å². The van der Waals surface area contributed by atoms with Gasteiger partial charge in [0, 0.05) is 11.6 Å². The molecule has 0 amide bonds. The number of hydrogen-bond acceptors (Lipinski definition) is 6. The number of aryl methyl sites for hydroxylation is 2. The number of benzene rings is 1. The van der Waals surface area contributed by atoms with E-state index in [-0.39, 0.29) is 12.5 Å². The summed E-state index contributed by atoms with van der Waals surface area (Å²) in [6.07, 6.45) is 1.06. The molecular weight excluding hydrogens is 294 g/mol. The third-order valence-corrected chi connectivity index (χ3v) is 4.04. The number of carbonyl (C=O) groups excluding carboxylic acids is 1. The van der Waals surface area contributed by atoms with Crippen molar-refractivity contribution in [2.24, 2.45) is 11.7 Å². The number of rotatable bonds is 7. The molecule has 6 nitrogen and oxygen atoms in total. The minimum atomic E-state index is -1.01. The molecule has 0 saturated heterocycles. The zero-order valence-corrected chi connectivity index (χ0v) is 13.9. The van der Waals surface area contributed by atoms with Crippen molar-refractivity contribution in [3.63, 3.8) is 0 Å². The SMILES string of the molecule is CCOC(=O)C(N)C(Oc1cc(C)c(N)c(C)c1)C(=N)C1CC1. The van der Waals surface area contributed by atoms with Crippen molar-refractivity contribution in [3.05, 3.63) is 23.3 Å². The van der Waals surface area contributed by atoms with Gasteiger partial charge in [0.25, 0.3) is 0 Å². The molecule has 1 saturated carbocycles. The molecule has 1 fully saturated rings. The second kappa shape index (κ2) is 7.00. The summed E-state index contributed by atoms with van der Waals surface area (Å²) < 4.78 is 10.9. The number of hydrogen-bond donors (Lipinski definition) is 3. The Morgan fingerprint density at radius 1 is 1.35 bits per heavy atom. The molecule has 2 unspecified atom stereocenters. The van der Waals surface area contributed by atoms with E-state index >= 15 is 0 Å². The quantitative estimate of drug-likeness (QED) is 0.404. The van der Waals surface area contributed by atoms with Crippen LogP contribution in [0.2, 0.25) is 0 Å². The van der Waals surface area contributed by atoms with Crippen molar-refractivity contribution in [3.8, 4) is 5.75 Å². The van der Waals surface area contributed by atoms with Gasteiger partial charge in [0.2, 0.25) is 0 Å². The Labute approximate surface area is 136 Å². The Balaban J connectivity index is 2.23. The summed E-state index contributed by atoms with van der Waals surface area (Å²) in [6, 6.07) is 2.59. The second-order valence-electron chi connectivity index (χ2n) is 6.02. The summed E-state index contributed by atoms with van der Waals surface area (Å²) >= 11 is 0. The lowest BCUT2D eigenvalue weighted by Gasteiger charge is -2.25. The normalized spacial score (nSPS) is 16.5. The van der Waals surface area contributed by atoms with Gasteiger partial charge in [0.15, 0.2) is 6.10 Å². The average Bonchev–Trinajstić information content (AvgIpc) is 3.33. The van der Waals surface area contributed by atoms with Gasteiger partial charge in [-0.2, -0.15) is 0 Å². The second-order valence-corrected chi connectivity index (χ2v) is 6.02. The van der Waals surface area contributed by atoms with Crippen LogP contribution < -0.4 is 16.2 Å². The average molecular weight is 319 g/mol. The molecule has 2 rings (SSSR count). The molecule has 1 aliphatic rings. The summed E-state index contributed by atoms with van der Waals surface area (Å²) in [7, 11) is 0. The fourth-order valence-corrected chi connectivity index (χ4v) is 2.47. The van der Waals surface area contributed by atoms with E-state index in [1.807, 2.05) is 13.8 Å². The molecule has 126 valence electrons. The third kappa shape index (κ3) is 4.01. The van der Waals surface area contributed by atoms with E-state index in [1.165, 1.54) is 0 Å². The predicted octanol–water partition coefficient (Wildman–Crippen LogP) is 1.95. The summed E-state index contributed by atoms with van der Waals surface area (Å²) in [4.78, 5) is 12.0. The van der Waals surface area contributed by atoms with E-state index in [0.717, 1.165) is 24.0 Å². The van der Waals surface area contributed by atoms with Crippen LogP contribution in [0.25, 0.3) is 0 Å². The van der Waals surface area contributed by atoms with Crippen LogP contribution in [-0.4, -0.2) is 30.4 Å². The van der Waals surface area contributed by atoms with E-state index in [4.69, 9.17) is 26.4 Å². The lowest BCUT2D eigenvalue weighted by Crippen LogP contribution is -2.50. The molecule has 1 aliphatic carbocycles. The van der Waals surface area contributed by atoms with Crippen molar-refractivity contribution in [2.45, 2.75) is 45.8 Å². The van der Waals surface area contributed by atoms with Crippen LogP contribution in [0.15, 0.2) is 12.1 Å².